The van der Waals surface area contributed by atoms with E-state index in [9.17, 15) is 9.59 Å². The van der Waals surface area contributed by atoms with Crippen molar-refractivity contribution in [2.24, 2.45) is 0 Å². The third-order valence-electron chi connectivity index (χ3n) is 3.00. The van der Waals surface area contributed by atoms with Gasteiger partial charge in [0.1, 0.15) is 6.10 Å². The lowest BCUT2D eigenvalue weighted by molar-refractivity contribution is -0.124. The number of nitrogens with one attached hydrogen (secondary N) is 3. The van der Waals surface area contributed by atoms with Gasteiger partial charge < -0.3 is 20.7 Å². The largest absolute Gasteiger partial charge is 0.368 e. The molecular weight excluding hydrogens is 258 g/mol. The number of hydrogen-bond acceptors (Lipinski definition) is 4. The van der Waals surface area contributed by atoms with Gasteiger partial charge in [-0.25, -0.2) is 0 Å². The first-order valence-electron chi connectivity index (χ1n) is 6.66. The minimum absolute atomic E-state index is 0.108. The van der Waals surface area contributed by atoms with Gasteiger partial charge in [0, 0.05) is 18.0 Å². The van der Waals surface area contributed by atoms with Crippen LogP contribution in [-0.4, -0.2) is 38.1 Å². The van der Waals surface area contributed by atoms with Crippen molar-refractivity contribution in [3.05, 3.63) is 24.3 Å². The summed E-state index contributed by atoms with van der Waals surface area (Å²) in [6.07, 6.45) is 1.35. The number of carbonyl (C=O) groups is 2. The number of ether oxygens (including phenoxy) is 1. The number of carbonyl (C=O) groups excluding carboxylic acids is 2. The van der Waals surface area contributed by atoms with E-state index in [1.807, 2.05) is 0 Å². The molecule has 0 bridgehead atoms. The summed E-state index contributed by atoms with van der Waals surface area (Å²) in [6, 6.07) is 7.00. The van der Waals surface area contributed by atoms with E-state index in [0.717, 1.165) is 12.8 Å². The van der Waals surface area contributed by atoms with Crippen LogP contribution in [0.4, 0.5) is 11.4 Å². The highest BCUT2D eigenvalue weighted by atomic mass is 16.5. The van der Waals surface area contributed by atoms with Gasteiger partial charge in [-0.2, -0.15) is 0 Å². The molecular formula is C14H19N3O3. The molecule has 0 radical (unpaired) electrons. The van der Waals surface area contributed by atoms with Crippen LogP contribution in [0, 0.1) is 0 Å². The van der Waals surface area contributed by atoms with Crippen LogP contribution in [0.5, 0.6) is 0 Å². The normalized spacial score (nSPS) is 17.8. The fourth-order valence-electron chi connectivity index (χ4n) is 2.01. The summed E-state index contributed by atoms with van der Waals surface area (Å²) in [7, 11) is 1.71. The van der Waals surface area contributed by atoms with Gasteiger partial charge in [-0.05, 0) is 44.2 Å². The average molecular weight is 277 g/mol. The van der Waals surface area contributed by atoms with Gasteiger partial charge in [0.25, 0.3) is 5.91 Å². The maximum Gasteiger partial charge on any atom is 0.253 e. The van der Waals surface area contributed by atoms with E-state index in [1.54, 1.807) is 31.3 Å². The number of likely N-dealkylation sites (N-methyl/N-ethyl adjacent to an activating group) is 1. The average Bonchev–Trinajstić information content (AvgIpc) is 2.95. The van der Waals surface area contributed by atoms with Crippen molar-refractivity contribution in [1.29, 1.82) is 0 Å². The standard InChI is InChI=1S/C14H19N3O3/c1-15-9-13(18)16-10-4-6-11(7-5-10)17-14(19)12-3-2-8-20-12/h4-7,12,15H,2-3,8-9H2,1H3,(H,16,18)(H,17,19). The predicted molar refractivity (Wildman–Crippen MR) is 76.6 cm³/mol. The zero-order valence-corrected chi connectivity index (χ0v) is 11.4. The lowest BCUT2D eigenvalue weighted by Crippen LogP contribution is -2.27. The minimum Gasteiger partial charge on any atom is -0.368 e. The van der Waals surface area contributed by atoms with Gasteiger partial charge in [-0.1, -0.05) is 0 Å². The third kappa shape index (κ3) is 4.04. The van der Waals surface area contributed by atoms with Crippen LogP contribution in [0.1, 0.15) is 12.8 Å². The number of amides is 2. The van der Waals surface area contributed by atoms with Crippen molar-refractivity contribution in [1.82, 2.24) is 5.32 Å². The molecule has 108 valence electrons. The number of benzene rings is 1. The first-order chi connectivity index (χ1) is 9.69. The van der Waals surface area contributed by atoms with Crippen molar-refractivity contribution < 1.29 is 14.3 Å². The molecule has 2 rings (SSSR count). The zero-order chi connectivity index (χ0) is 14.4. The van der Waals surface area contributed by atoms with Crippen molar-refractivity contribution in [3.63, 3.8) is 0 Å². The lowest BCUT2D eigenvalue weighted by Gasteiger charge is -2.11. The molecule has 20 heavy (non-hydrogen) atoms. The Balaban J connectivity index is 1.87. The fourth-order valence-corrected chi connectivity index (χ4v) is 2.01. The summed E-state index contributed by atoms with van der Waals surface area (Å²) in [6.45, 7) is 0.909. The molecule has 6 nitrogen and oxygen atoms in total. The summed E-state index contributed by atoms with van der Waals surface area (Å²) < 4.78 is 5.31. The Hall–Kier alpha value is -1.92. The van der Waals surface area contributed by atoms with E-state index < -0.39 is 0 Å². The van der Waals surface area contributed by atoms with E-state index in [4.69, 9.17) is 4.74 Å². The smallest absolute Gasteiger partial charge is 0.253 e. The molecule has 0 aliphatic carbocycles. The molecule has 1 aromatic rings. The molecule has 1 aliphatic heterocycles. The van der Waals surface area contributed by atoms with Gasteiger partial charge in [0.05, 0.1) is 6.54 Å². The summed E-state index contributed by atoms with van der Waals surface area (Å²) in [5, 5.41) is 8.31. The van der Waals surface area contributed by atoms with Crippen molar-refractivity contribution in [2.45, 2.75) is 18.9 Å². The van der Waals surface area contributed by atoms with E-state index in [1.165, 1.54) is 0 Å². The second-order valence-corrected chi connectivity index (χ2v) is 4.65. The minimum atomic E-state index is -0.343. The summed E-state index contributed by atoms with van der Waals surface area (Å²) in [5.41, 5.74) is 1.39. The van der Waals surface area contributed by atoms with Gasteiger partial charge in [0.15, 0.2) is 0 Å². The SMILES string of the molecule is CNCC(=O)Nc1ccc(NC(=O)C2CCCO2)cc1. The zero-order valence-electron chi connectivity index (χ0n) is 11.4. The van der Waals surface area contributed by atoms with E-state index in [0.29, 0.717) is 18.0 Å². The van der Waals surface area contributed by atoms with E-state index in [2.05, 4.69) is 16.0 Å². The van der Waals surface area contributed by atoms with Gasteiger partial charge in [0.2, 0.25) is 5.91 Å². The molecule has 1 saturated heterocycles. The molecule has 2 amide bonds. The highest BCUT2D eigenvalue weighted by molar-refractivity contribution is 5.95. The molecule has 6 heteroatoms. The first kappa shape index (κ1) is 14.5. The molecule has 0 spiro atoms. The highest BCUT2D eigenvalue weighted by Gasteiger charge is 2.23. The predicted octanol–water partition coefficient (Wildman–Crippen LogP) is 0.962. The number of hydrogen-bond donors (Lipinski definition) is 3. The second kappa shape index (κ2) is 7.02. The molecule has 1 aliphatic rings. The molecule has 1 fully saturated rings. The Morgan fingerprint density at radius 2 is 1.85 bits per heavy atom. The molecule has 1 unspecified atom stereocenters. The Labute approximate surface area is 117 Å². The van der Waals surface area contributed by atoms with Crippen LogP contribution in [-0.2, 0) is 14.3 Å². The summed E-state index contributed by atoms with van der Waals surface area (Å²) in [5.74, 6) is -0.224. The molecule has 1 heterocycles. The Morgan fingerprint density at radius 3 is 2.40 bits per heavy atom. The Morgan fingerprint density at radius 1 is 1.20 bits per heavy atom. The Kier molecular flexibility index (Phi) is 5.09. The highest BCUT2D eigenvalue weighted by Crippen LogP contribution is 2.17. The van der Waals surface area contributed by atoms with Crippen molar-refractivity contribution in [3.8, 4) is 0 Å². The summed E-state index contributed by atoms with van der Waals surface area (Å²) >= 11 is 0. The monoisotopic (exact) mass is 277 g/mol. The second-order valence-electron chi connectivity index (χ2n) is 4.65. The lowest BCUT2D eigenvalue weighted by atomic mass is 10.2. The first-order valence-corrected chi connectivity index (χ1v) is 6.66. The molecule has 3 N–H and O–H groups in total. The topological polar surface area (TPSA) is 79.5 Å². The molecule has 0 saturated carbocycles. The van der Waals surface area contributed by atoms with Crippen LogP contribution in [0.3, 0.4) is 0 Å². The molecule has 1 atom stereocenters. The third-order valence-corrected chi connectivity index (χ3v) is 3.00. The number of rotatable bonds is 5. The molecule has 1 aromatic carbocycles. The molecule has 0 aromatic heterocycles. The Bertz CT molecular complexity index is 467. The maximum atomic E-state index is 11.8. The van der Waals surface area contributed by atoms with Crippen molar-refractivity contribution >= 4 is 23.2 Å². The van der Waals surface area contributed by atoms with Crippen LogP contribution < -0.4 is 16.0 Å². The van der Waals surface area contributed by atoms with E-state index in [-0.39, 0.29) is 24.5 Å². The van der Waals surface area contributed by atoms with Crippen LogP contribution in [0.2, 0.25) is 0 Å². The summed E-state index contributed by atoms with van der Waals surface area (Å²) in [4.78, 5) is 23.2. The van der Waals surface area contributed by atoms with Gasteiger partial charge in [-0.15, -0.1) is 0 Å². The quantitative estimate of drug-likeness (QED) is 0.749. The van der Waals surface area contributed by atoms with E-state index >= 15 is 0 Å². The van der Waals surface area contributed by atoms with Crippen LogP contribution >= 0.6 is 0 Å². The van der Waals surface area contributed by atoms with Gasteiger partial charge in [-0.3, -0.25) is 9.59 Å². The van der Waals surface area contributed by atoms with Gasteiger partial charge >= 0.3 is 0 Å². The van der Waals surface area contributed by atoms with Crippen molar-refractivity contribution in [2.75, 3.05) is 30.8 Å². The fraction of sp³-hybridized carbons (Fsp3) is 0.429. The van der Waals surface area contributed by atoms with Crippen LogP contribution in [0.25, 0.3) is 0 Å². The number of anilines is 2. The maximum absolute atomic E-state index is 11.8. The van der Waals surface area contributed by atoms with Crippen LogP contribution in [0.15, 0.2) is 24.3 Å².